The summed E-state index contributed by atoms with van der Waals surface area (Å²) in [7, 11) is 1.64. The second kappa shape index (κ2) is 5.67. The van der Waals surface area contributed by atoms with Crippen LogP contribution in [0.15, 0.2) is 11.4 Å². The summed E-state index contributed by atoms with van der Waals surface area (Å²) < 4.78 is 5.12. The zero-order chi connectivity index (χ0) is 12.3. The molecular formula is C14H20O2S. The molecule has 1 aromatic heterocycles. The summed E-state index contributed by atoms with van der Waals surface area (Å²) >= 11 is 1.51. The van der Waals surface area contributed by atoms with Crippen LogP contribution in [-0.4, -0.2) is 12.9 Å². The molecule has 0 unspecified atom stereocenters. The van der Waals surface area contributed by atoms with E-state index in [1.54, 1.807) is 7.11 Å². The predicted octanol–water partition coefficient (Wildman–Crippen LogP) is 4.16. The molecule has 0 N–H and O–H groups in total. The quantitative estimate of drug-likeness (QED) is 0.752. The van der Waals surface area contributed by atoms with Gasteiger partial charge in [0.2, 0.25) is 0 Å². The molecule has 94 valence electrons. The highest BCUT2D eigenvalue weighted by atomic mass is 32.1. The topological polar surface area (TPSA) is 26.3 Å². The van der Waals surface area contributed by atoms with Crippen LogP contribution in [0.5, 0.6) is 5.75 Å². The van der Waals surface area contributed by atoms with Crippen molar-refractivity contribution in [2.24, 2.45) is 11.8 Å². The largest absolute Gasteiger partial charge is 0.496 e. The summed E-state index contributed by atoms with van der Waals surface area (Å²) in [6.07, 6.45) is 5.83. The molecule has 0 radical (unpaired) electrons. The first-order chi connectivity index (χ1) is 8.24. The fraction of sp³-hybridized carbons (Fsp3) is 0.643. The minimum absolute atomic E-state index is 0.251. The van der Waals surface area contributed by atoms with E-state index in [1.807, 2.05) is 11.4 Å². The Hall–Kier alpha value is -0.830. The van der Waals surface area contributed by atoms with Crippen LogP contribution in [-0.2, 0) is 0 Å². The van der Waals surface area contributed by atoms with E-state index in [4.69, 9.17) is 4.74 Å². The van der Waals surface area contributed by atoms with Gasteiger partial charge in [0.1, 0.15) is 5.75 Å². The highest BCUT2D eigenvalue weighted by Gasteiger charge is 2.27. The van der Waals surface area contributed by atoms with Crippen molar-refractivity contribution in [3.63, 3.8) is 0 Å². The van der Waals surface area contributed by atoms with Crippen LogP contribution in [0.3, 0.4) is 0 Å². The third kappa shape index (κ3) is 2.89. The monoisotopic (exact) mass is 252 g/mol. The molecule has 1 saturated carbocycles. The molecule has 0 amide bonds. The molecule has 0 aliphatic heterocycles. The Morgan fingerprint density at radius 3 is 2.65 bits per heavy atom. The third-order valence-electron chi connectivity index (χ3n) is 3.85. The standard InChI is InChI=1S/C14H20O2S/c1-3-10-4-6-11(7-5-10)14(15)13-8-12(16-2)9-17-13/h8-11H,3-7H2,1-2H3. The average Bonchev–Trinajstić information content (AvgIpc) is 2.87. The SMILES string of the molecule is CCC1CCC(C(=O)c2cc(OC)cs2)CC1. The van der Waals surface area contributed by atoms with Gasteiger partial charge in [-0.2, -0.15) is 0 Å². The van der Waals surface area contributed by atoms with E-state index in [0.717, 1.165) is 29.4 Å². The maximum Gasteiger partial charge on any atom is 0.175 e. The van der Waals surface area contributed by atoms with Gasteiger partial charge in [0.05, 0.1) is 12.0 Å². The minimum atomic E-state index is 0.251. The molecule has 1 heterocycles. The van der Waals surface area contributed by atoms with E-state index in [-0.39, 0.29) is 5.92 Å². The van der Waals surface area contributed by atoms with Gasteiger partial charge in [-0.05, 0) is 31.6 Å². The maximum atomic E-state index is 12.3. The number of thiophene rings is 1. The molecule has 1 aliphatic rings. The van der Waals surface area contributed by atoms with Crippen LogP contribution in [0.2, 0.25) is 0 Å². The molecule has 1 aliphatic carbocycles. The van der Waals surface area contributed by atoms with E-state index in [9.17, 15) is 4.79 Å². The van der Waals surface area contributed by atoms with Gasteiger partial charge in [-0.3, -0.25) is 4.79 Å². The van der Waals surface area contributed by atoms with Gasteiger partial charge in [0.25, 0.3) is 0 Å². The highest BCUT2D eigenvalue weighted by Crippen LogP contribution is 2.34. The van der Waals surface area contributed by atoms with Crippen molar-refractivity contribution >= 4 is 17.1 Å². The fourth-order valence-electron chi connectivity index (χ4n) is 2.59. The summed E-state index contributed by atoms with van der Waals surface area (Å²) in [5.41, 5.74) is 0. The molecule has 0 bridgehead atoms. The van der Waals surface area contributed by atoms with Crippen molar-refractivity contribution in [2.45, 2.75) is 39.0 Å². The number of Topliss-reactive ketones (excluding diaryl/α,β-unsaturated/α-hetero) is 1. The molecular weight excluding hydrogens is 232 g/mol. The van der Waals surface area contributed by atoms with E-state index in [1.165, 1.54) is 30.6 Å². The number of ketones is 1. The zero-order valence-corrected chi connectivity index (χ0v) is 11.4. The van der Waals surface area contributed by atoms with Crippen LogP contribution in [0.1, 0.15) is 48.7 Å². The van der Waals surface area contributed by atoms with Crippen molar-refractivity contribution in [1.82, 2.24) is 0 Å². The number of rotatable bonds is 4. The van der Waals surface area contributed by atoms with Crippen molar-refractivity contribution in [3.8, 4) is 5.75 Å². The molecule has 1 aromatic rings. The lowest BCUT2D eigenvalue weighted by Crippen LogP contribution is -2.21. The normalized spacial score (nSPS) is 24.6. The summed E-state index contributed by atoms with van der Waals surface area (Å²) in [6.45, 7) is 2.25. The number of methoxy groups -OCH3 is 1. The lowest BCUT2D eigenvalue weighted by atomic mass is 9.79. The van der Waals surface area contributed by atoms with Gasteiger partial charge in [0, 0.05) is 17.4 Å². The van der Waals surface area contributed by atoms with E-state index >= 15 is 0 Å². The molecule has 0 aromatic carbocycles. The first-order valence-corrected chi connectivity index (χ1v) is 7.29. The van der Waals surface area contributed by atoms with Crippen LogP contribution >= 0.6 is 11.3 Å². The van der Waals surface area contributed by atoms with Crippen molar-refractivity contribution < 1.29 is 9.53 Å². The molecule has 0 saturated heterocycles. The Balaban J connectivity index is 1.96. The summed E-state index contributed by atoms with van der Waals surface area (Å²) in [6, 6.07) is 1.87. The Morgan fingerprint density at radius 2 is 2.12 bits per heavy atom. The number of ether oxygens (including phenoxy) is 1. The molecule has 17 heavy (non-hydrogen) atoms. The van der Waals surface area contributed by atoms with E-state index in [2.05, 4.69) is 6.92 Å². The predicted molar refractivity (Wildman–Crippen MR) is 70.9 cm³/mol. The smallest absolute Gasteiger partial charge is 0.175 e. The molecule has 0 spiro atoms. The van der Waals surface area contributed by atoms with E-state index < -0.39 is 0 Å². The van der Waals surface area contributed by atoms with Crippen molar-refractivity contribution in [3.05, 3.63) is 16.3 Å². The Morgan fingerprint density at radius 1 is 1.41 bits per heavy atom. The Labute approximate surface area is 107 Å². The van der Waals surface area contributed by atoms with Crippen molar-refractivity contribution in [1.29, 1.82) is 0 Å². The number of carbonyl (C=O) groups is 1. The first-order valence-electron chi connectivity index (χ1n) is 6.41. The maximum absolute atomic E-state index is 12.3. The van der Waals surface area contributed by atoms with Gasteiger partial charge < -0.3 is 4.74 Å². The lowest BCUT2D eigenvalue weighted by molar-refractivity contribution is 0.0875. The molecule has 1 fully saturated rings. The van der Waals surface area contributed by atoms with Crippen LogP contribution in [0, 0.1) is 11.8 Å². The van der Waals surface area contributed by atoms with Gasteiger partial charge in [-0.25, -0.2) is 0 Å². The van der Waals surface area contributed by atoms with Crippen molar-refractivity contribution in [2.75, 3.05) is 7.11 Å². The molecule has 3 heteroatoms. The third-order valence-corrected chi connectivity index (χ3v) is 4.77. The van der Waals surface area contributed by atoms with E-state index in [0.29, 0.717) is 5.78 Å². The molecule has 0 atom stereocenters. The highest BCUT2D eigenvalue weighted by molar-refractivity contribution is 7.12. The van der Waals surface area contributed by atoms with Crippen LogP contribution < -0.4 is 4.74 Å². The van der Waals surface area contributed by atoms with Gasteiger partial charge >= 0.3 is 0 Å². The number of hydrogen-bond donors (Lipinski definition) is 0. The summed E-state index contributed by atoms with van der Waals surface area (Å²) in [5.74, 6) is 2.23. The second-order valence-corrected chi connectivity index (χ2v) is 5.75. The Bertz CT molecular complexity index is 375. The Kier molecular flexibility index (Phi) is 4.21. The summed E-state index contributed by atoms with van der Waals surface area (Å²) in [5, 5.41) is 1.91. The van der Waals surface area contributed by atoms with Gasteiger partial charge in [0.15, 0.2) is 5.78 Å². The zero-order valence-electron chi connectivity index (χ0n) is 10.6. The average molecular weight is 252 g/mol. The minimum Gasteiger partial charge on any atom is -0.496 e. The van der Waals surface area contributed by atoms with Crippen LogP contribution in [0.25, 0.3) is 0 Å². The fourth-order valence-corrected chi connectivity index (χ4v) is 3.46. The molecule has 2 rings (SSSR count). The van der Waals surface area contributed by atoms with Gasteiger partial charge in [-0.1, -0.05) is 13.3 Å². The number of hydrogen-bond acceptors (Lipinski definition) is 3. The molecule has 2 nitrogen and oxygen atoms in total. The lowest BCUT2D eigenvalue weighted by Gasteiger charge is -2.26. The van der Waals surface area contributed by atoms with Gasteiger partial charge in [-0.15, -0.1) is 11.3 Å². The second-order valence-electron chi connectivity index (χ2n) is 4.84. The number of carbonyl (C=O) groups excluding carboxylic acids is 1. The summed E-state index contributed by atoms with van der Waals surface area (Å²) in [4.78, 5) is 13.1. The van der Waals surface area contributed by atoms with Crippen LogP contribution in [0.4, 0.5) is 0 Å². The first kappa shape index (κ1) is 12.6.